The molecule has 9 heteroatoms. The molecule has 0 saturated heterocycles. The number of nitrogens with one attached hydrogen (secondary N) is 1. The molecule has 4 nitrogen and oxygen atoms in total. The van der Waals surface area contributed by atoms with E-state index in [0.29, 0.717) is 30.9 Å². The van der Waals surface area contributed by atoms with Gasteiger partial charge in [0.2, 0.25) is 5.91 Å². The summed E-state index contributed by atoms with van der Waals surface area (Å²) in [5.74, 6) is 0.575. The summed E-state index contributed by atoms with van der Waals surface area (Å²) in [7, 11) is 0. The van der Waals surface area contributed by atoms with Gasteiger partial charge in [0.1, 0.15) is 5.75 Å². The monoisotopic (exact) mass is 690 g/mol. The Hall–Kier alpha value is -4.11. The SMILES string of the molecule is CC(NC(=O)Cc1cccc(OCCCN(Cc2cccc(C(F)(F)F)c2Cl)C(C)(c2ccccc2)c2ccccc2)c1)c1cccs1. The minimum absolute atomic E-state index is 0.0665. The van der Waals surface area contributed by atoms with Crippen LogP contribution in [0.3, 0.4) is 0 Å². The second-order valence-electron chi connectivity index (χ2n) is 11.8. The molecule has 0 aliphatic carbocycles. The summed E-state index contributed by atoms with van der Waals surface area (Å²) in [6.45, 7) is 5.09. The van der Waals surface area contributed by atoms with Crippen molar-refractivity contribution in [3.05, 3.63) is 158 Å². The number of thiophene rings is 1. The molecule has 5 rings (SSSR count). The summed E-state index contributed by atoms with van der Waals surface area (Å²) in [5.41, 5.74) is 1.68. The van der Waals surface area contributed by atoms with Gasteiger partial charge in [0, 0.05) is 18.0 Å². The zero-order valence-electron chi connectivity index (χ0n) is 26.8. The maximum Gasteiger partial charge on any atom is 0.417 e. The van der Waals surface area contributed by atoms with Crippen LogP contribution in [-0.4, -0.2) is 24.0 Å². The molecule has 4 aromatic carbocycles. The summed E-state index contributed by atoms with van der Waals surface area (Å²) < 4.78 is 47.6. The van der Waals surface area contributed by atoms with Crippen LogP contribution in [0, 0.1) is 0 Å². The van der Waals surface area contributed by atoms with Crippen molar-refractivity contribution in [2.24, 2.45) is 0 Å². The van der Waals surface area contributed by atoms with Crippen molar-refractivity contribution in [1.29, 1.82) is 0 Å². The molecule has 250 valence electrons. The van der Waals surface area contributed by atoms with Crippen LogP contribution in [-0.2, 0) is 29.5 Å². The molecule has 0 aliphatic heterocycles. The molecule has 0 spiro atoms. The van der Waals surface area contributed by atoms with Gasteiger partial charge in [0.05, 0.1) is 35.2 Å². The molecule has 1 unspecified atom stereocenters. The first-order valence-corrected chi connectivity index (χ1v) is 17.1. The zero-order valence-corrected chi connectivity index (χ0v) is 28.4. The lowest BCUT2D eigenvalue weighted by molar-refractivity contribution is -0.137. The van der Waals surface area contributed by atoms with Crippen LogP contribution in [0.4, 0.5) is 13.2 Å². The van der Waals surface area contributed by atoms with Crippen LogP contribution < -0.4 is 10.1 Å². The number of rotatable bonds is 14. The number of alkyl halides is 3. The Morgan fingerprint density at radius 1 is 0.896 bits per heavy atom. The maximum atomic E-state index is 13.8. The van der Waals surface area contributed by atoms with Gasteiger partial charge in [-0.1, -0.05) is 103 Å². The lowest BCUT2D eigenvalue weighted by atomic mass is 9.82. The van der Waals surface area contributed by atoms with Crippen molar-refractivity contribution in [2.45, 2.75) is 51.0 Å². The fourth-order valence-electron chi connectivity index (χ4n) is 5.92. The summed E-state index contributed by atoms with van der Waals surface area (Å²) >= 11 is 8.03. The first-order valence-electron chi connectivity index (χ1n) is 15.8. The topological polar surface area (TPSA) is 41.6 Å². The third kappa shape index (κ3) is 8.67. The van der Waals surface area contributed by atoms with Gasteiger partial charge < -0.3 is 10.1 Å². The van der Waals surface area contributed by atoms with Crippen LogP contribution in [0.2, 0.25) is 5.02 Å². The van der Waals surface area contributed by atoms with E-state index in [1.54, 1.807) is 17.4 Å². The molecule has 1 atom stereocenters. The number of ether oxygens (including phenoxy) is 1. The Labute approximate surface area is 289 Å². The van der Waals surface area contributed by atoms with E-state index in [1.807, 2.05) is 109 Å². The first-order chi connectivity index (χ1) is 23.1. The Balaban J connectivity index is 1.33. The standard InChI is InChI=1S/C39H38ClF3N2O2S/c1-28(35-21-11-24-48-35)44-36(46)26-29-13-9-19-33(25-29)47-23-12-22-45(27-30-14-10-20-34(37(30)40)39(41,42)43)38(2,31-15-5-3-6-16-31)32-17-7-4-8-18-32/h3-11,13-21,24-25,28H,12,22-23,26-27H2,1-2H3,(H,44,46). The van der Waals surface area contributed by atoms with Crippen molar-refractivity contribution in [2.75, 3.05) is 13.2 Å². The molecule has 1 N–H and O–H groups in total. The van der Waals surface area contributed by atoms with Gasteiger partial charge in [-0.3, -0.25) is 9.69 Å². The average Bonchev–Trinajstić information content (AvgIpc) is 3.63. The molecule has 0 bridgehead atoms. The molecular weight excluding hydrogens is 653 g/mol. The van der Waals surface area contributed by atoms with E-state index in [9.17, 15) is 18.0 Å². The summed E-state index contributed by atoms with van der Waals surface area (Å²) in [4.78, 5) is 16.0. The Morgan fingerprint density at radius 3 is 2.19 bits per heavy atom. The van der Waals surface area contributed by atoms with E-state index in [-0.39, 0.29) is 29.9 Å². The molecule has 5 aromatic rings. The number of benzene rings is 4. The third-order valence-corrected chi connectivity index (χ3v) is 10.0. The predicted octanol–water partition coefficient (Wildman–Crippen LogP) is 10.1. The number of hydrogen-bond donors (Lipinski definition) is 1. The highest BCUT2D eigenvalue weighted by atomic mass is 35.5. The molecule has 48 heavy (non-hydrogen) atoms. The van der Waals surface area contributed by atoms with Gasteiger partial charge in [-0.05, 0) is 72.2 Å². The first kappa shape index (κ1) is 35.2. The van der Waals surface area contributed by atoms with Crippen LogP contribution in [0.5, 0.6) is 5.75 Å². The lowest BCUT2D eigenvalue weighted by Crippen LogP contribution is -2.45. The van der Waals surface area contributed by atoms with Gasteiger partial charge in [-0.15, -0.1) is 11.3 Å². The van der Waals surface area contributed by atoms with Crippen molar-refractivity contribution < 1.29 is 22.7 Å². The minimum atomic E-state index is -4.56. The summed E-state index contributed by atoms with van der Waals surface area (Å²) in [6.07, 6.45) is -3.76. The van der Waals surface area contributed by atoms with Crippen molar-refractivity contribution >= 4 is 28.8 Å². The molecule has 0 radical (unpaired) electrons. The normalized spacial score (nSPS) is 12.6. The average molecular weight is 691 g/mol. The van der Waals surface area contributed by atoms with Crippen molar-refractivity contribution in [3.63, 3.8) is 0 Å². The molecule has 1 amide bonds. The largest absolute Gasteiger partial charge is 0.494 e. The van der Waals surface area contributed by atoms with E-state index in [0.717, 1.165) is 27.6 Å². The fraction of sp³-hybridized carbons (Fsp3) is 0.256. The smallest absolute Gasteiger partial charge is 0.417 e. The van der Waals surface area contributed by atoms with Gasteiger partial charge in [-0.25, -0.2) is 0 Å². The highest BCUT2D eigenvalue weighted by Gasteiger charge is 2.38. The predicted molar refractivity (Wildman–Crippen MR) is 187 cm³/mol. The second-order valence-corrected chi connectivity index (χ2v) is 13.2. The number of carbonyl (C=O) groups is 1. The lowest BCUT2D eigenvalue weighted by Gasteiger charge is -2.43. The van der Waals surface area contributed by atoms with E-state index < -0.39 is 17.3 Å². The Morgan fingerprint density at radius 2 is 1.56 bits per heavy atom. The third-order valence-electron chi connectivity index (χ3n) is 8.50. The minimum Gasteiger partial charge on any atom is -0.494 e. The van der Waals surface area contributed by atoms with E-state index in [4.69, 9.17) is 16.3 Å². The quantitative estimate of drug-likeness (QED) is 0.118. The number of halogens is 4. The van der Waals surface area contributed by atoms with Gasteiger partial charge in [0.15, 0.2) is 0 Å². The molecule has 0 aliphatic rings. The Bertz CT molecular complexity index is 1730. The van der Waals surface area contributed by atoms with Gasteiger partial charge in [0.25, 0.3) is 0 Å². The molecule has 0 fully saturated rings. The highest BCUT2D eigenvalue weighted by Crippen LogP contribution is 2.40. The van der Waals surface area contributed by atoms with Crippen molar-refractivity contribution in [1.82, 2.24) is 10.2 Å². The summed E-state index contributed by atoms with van der Waals surface area (Å²) in [5, 5.41) is 4.74. The zero-order chi connectivity index (χ0) is 34.1. The number of hydrogen-bond acceptors (Lipinski definition) is 4. The van der Waals surface area contributed by atoms with Crippen molar-refractivity contribution in [3.8, 4) is 5.75 Å². The highest BCUT2D eigenvalue weighted by molar-refractivity contribution is 7.10. The van der Waals surface area contributed by atoms with Crippen LogP contribution >= 0.6 is 22.9 Å². The van der Waals surface area contributed by atoms with E-state index in [1.165, 1.54) is 6.07 Å². The number of amides is 1. The van der Waals surface area contributed by atoms with Crippen LogP contribution in [0.25, 0.3) is 0 Å². The van der Waals surface area contributed by atoms with E-state index >= 15 is 0 Å². The van der Waals surface area contributed by atoms with Crippen LogP contribution in [0.1, 0.15) is 59.0 Å². The number of carbonyl (C=O) groups excluding carboxylic acids is 1. The maximum absolute atomic E-state index is 13.8. The summed E-state index contributed by atoms with van der Waals surface area (Å²) in [6, 6.07) is 35.3. The molecule has 1 aromatic heterocycles. The fourth-order valence-corrected chi connectivity index (χ4v) is 6.95. The molecular formula is C39H38ClF3N2O2S. The number of nitrogens with zero attached hydrogens (tertiary/aromatic N) is 1. The van der Waals surface area contributed by atoms with Gasteiger partial charge >= 0.3 is 6.18 Å². The second kappa shape index (κ2) is 15.9. The van der Waals surface area contributed by atoms with E-state index in [2.05, 4.69) is 17.1 Å². The Kier molecular flexibility index (Phi) is 11.6. The van der Waals surface area contributed by atoms with Crippen LogP contribution in [0.15, 0.2) is 121 Å². The molecule has 1 heterocycles. The molecule has 0 saturated carbocycles. The van der Waals surface area contributed by atoms with Gasteiger partial charge in [-0.2, -0.15) is 13.2 Å².